The number of carbonyl (C=O) groups excluding carboxylic acids is 1. The zero-order chi connectivity index (χ0) is 13.0. The molecule has 1 atom stereocenters. The van der Waals surface area contributed by atoms with Crippen molar-refractivity contribution in [2.45, 2.75) is 19.3 Å². The van der Waals surface area contributed by atoms with E-state index in [0.717, 1.165) is 13.0 Å². The monoisotopic (exact) mass is 256 g/mol. The molecule has 2 aliphatic heterocycles. The van der Waals surface area contributed by atoms with Gasteiger partial charge in [-0.05, 0) is 38.8 Å². The number of nitrogens with one attached hydrogen (secondary N) is 1. The molecule has 0 aromatic carbocycles. The Morgan fingerprint density at radius 3 is 2.89 bits per heavy atom. The smallest absolute Gasteiger partial charge is 0.233 e. The molecule has 2 rings (SSSR count). The summed E-state index contributed by atoms with van der Waals surface area (Å²) in [6.07, 6.45) is 3.54. The van der Waals surface area contributed by atoms with E-state index < -0.39 is 5.41 Å². The Morgan fingerprint density at radius 1 is 1.56 bits per heavy atom. The summed E-state index contributed by atoms with van der Waals surface area (Å²) in [7, 11) is 2.15. The van der Waals surface area contributed by atoms with Crippen molar-refractivity contribution >= 4 is 5.91 Å². The molecule has 0 spiro atoms. The van der Waals surface area contributed by atoms with Gasteiger partial charge in [0.05, 0.1) is 19.8 Å². The third-order valence-electron chi connectivity index (χ3n) is 4.10. The highest BCUT2D eigenvalue weighted by Gasteiger charge is 2.45. The first-order chi connectivity index (χ1) is 8.66. The number of nitrogens with zero attached hydrogens (tertiary/aromatic N) is 1. The molecule has 0 radical (unpaired) electrons. The molecule has 0 aromatic heterocycles. The highest BCUT2D eigenvalue weighted by atomic mass is 16.5. The van der Waals surface area contributed by atoms with Gasteiger partial charge in [0.15, 0.2) is 0 Å². The van der Waals surface area contributed by atoms with Crippen molar-refractivity contribution in [3.05, 3.63) is 0 Å². The predicted molar refractivity (Wildman–Crippen MR) is 68.2 cm³/mol. The number of rotatable bonds is 5. The second-order valence-electron chi connectivity index (χ2n) is 5.75. The molecule has 1 unspecified atom stereocenters. The Hall–Kier alpha value is -0.650. The van der Waals surface area contributed by atoms with Gasteiger partial charge in [0.25, 0.3) is 0 Å². The first-order valence-corrected chi connectivity index (χ1v) is 6.82. The lowest BCUT2D eigenvalue weighted by Gasteiger charge is -2.38. The zero-order valence-electron chi connectivity index (χ0n) is 11.2. The molecule has 1 amide bonds. The van der Waals surface area contributed by atoms with E-state index in [4.69, 9.17) is 4.74 Å². The zero-order valence-corrected chi connectivity index (χ0v) is 11.2. The molecule has 2 fully saturated rings. The van der Waals surface area contributed by atoms with E-state index in [1.165, 1.54) is 19.4 Å². The SMILES string of the molecule is CN1CCCC(CCNC(=O)C2(CO)COC2)C1. The van der Waals surface area contributed by atoms with Crippen LogP contribution in [-0.4, -0.2) is 62.4 Å². The van der Waals surface area contributed by atoms with Crippen molar-refractivity contribution in [1.82, 2.24) is 10.2 Å². The molecule has 18 heavy (non-hydrogen) atoms. The Kier molecular flexibility index (Phi) is 4.59. The van der Waals surface area contributed by atoms with Gasteiger partial charge in [0.1, 0.15) is 5.41 Å². The summed E-state index contributed by atoms with van der Waals surface area (Å²) >= 11 is 0. The van der Waals surface area contributed by atoms with Crippen molar-refractivity contribution in [2.24, 2.45) is 11.3 Å². The van der Waals surface area contributed by atoms with Crippen LogP contribution in [0.1, 0.15) is 19.3 Å². The lowest BCUT2D eigenvalue weighted by molar-refractivity contribution is -0.170. The van der Waals surface area contributed by atoms with Crippen LogP contribution < -0.4 is 5.32 Å². The van der Waals surface area contributed by atoms with Gasteiger partial charge >= 0.3 is 0 Å². The molecule has 2 N–H and O–H groups in total. The Balaban J connectivity index is 1.67. The molecule has 0 saturated carbocycles. The summed E-state index contributed by atoms with van der Waals surface area (Å²) < 4.78 is 5.03. The third-order valence-corrected chi connectivity index (χ3v) is 4.10. The van der Waals surface area contributed by atoms with E-state index in [9.17, 15) is 9.90 Å². The van der Waals surface area contributed by atoms with E-state index in [2.05, 4.69) is 17.3 Å². The number of ether oxygens (including phenoxy) is 1. The van der Waals surface area contributed by atoms with Crippen molar-refractivity contribution in [2.75, 3.05) is 46.5 Å². The molecule has 5 heteroatoms. The average molecular weight is 256 g/mol. The summed E-state index contributed by atoms with van der Waals surface area (Å²) in [6, 6.07) is 0. The van der Waals surface area contributed by atoms with Crippen LogP contribution in [0.3, 0.4) is 0 Å². The van der Waals surface area contributed by atoms with Crippen LogP contribution in [0.4, 0.5) is 0 Å². The van der Waals surface area contributed by atoms with Gasteiger partial charge in [0, 0.05) is 13.1 Å². The van der Waals surface area contributed by atoms with Crippen molar-refractivity contribution in [3.63, 3.8) is 0 Å². The van der Waals surface area contributed by atoms with Gasteiger partial charge in [-0.3, -0.25) is 4.79 Å². The highest BCUT2D eigenvalue weighted by molar-refractivity contribution is 5.83. The summed E-state index contributed by atoms with van der Waals surface area (Å²) in [5.74, 6) is 0.632. The number of carbonyl (C=O) groups is 1. The summed E-state index contributed by atoms with van der Waals surface area (Å²) in [5, 5.41) is 12.2. The maximum absolute atomic E-state index is 11.9. The number of likely N-dealkylation sites (tertiary alicyclic amines) is 1. The minimum absolute atomic E-state index is 0.0552. The first kappa shape index (κ1) is 13.8. The molecule has 5 nitrogen and oxygen atoms in total. The van der Waals surface area contributed by atoms with Gasteiger partial charge in [-0.25, -0.2) is 0 Å². The summed E-state index contributed by atoms with van der Waals surface area (Å²) in [4.78, 5) is 14.3. The second-order valence-corrected chi connectivity index (χ2v) is 5.75. The predicted octanol–water partition coefficient (Wildman–Crippen LogP) is -0.157. The third kappa shape index (κ3) is 3.02. The minimum Gasteiger partial charge on any atom is -0.395 e. The fourth-order valence-electron chi connectivity index (χ4n) is 2.73. The molecule has 104 valence electrons. The number of aliphatic hydroxyl groups excluding tert-OH is 1. The van der Waals surface area contributed by atoms with Crippen LogP contribution in [0, 0.1) is 11.3 Å². The Labute approximate surface area is 108 Å². The highest BCUT2D eigenvalue weighted by Crippen LogP contribution is 2.27. The van der Waals surface area contributed by atoms with E-state index in [1.807, 2.05) is 0 Å². The molecule has 0 aromatic rings. The maximum Gasteiger partial charge on any atom is 0.233 e. The van der Waals surface area contributed by atoms with Crippen LogP contribution in [0.2, 0.25) is 0 Å². The van der Waals surface area contributed by atoms with Gasteiger partial charge < -0.3 is 20.1 Å². The topological polar surface area (TPSA) is 61.8 Å². The van der Waals surface area contributed by atoms with Gasteiger partial charge in [0.2, 0.25) is 5.91 Å². The van der Waals surface area contributed by atoms with E-state index in [0.29, 0.717) is 25.7 Å². The molecular formula is C13H24N2O3. The number of amides is 1. The van der Waals surface area contributed by atoms with E-state index in [1.54, 1.807) is 0 Å². The number of hydrogen-bond acceptors (Lipinski definition) is 4. The van der Waals surface area contributed by atoms with E-state index in [-0.39, 0.29) is 12.5 Å². The summed E-state index contributed by atoms with van der Waals surface area (Å²) in [5.41, 5.74) is -0.663. The quantitative estimate of drug-likeness (QED) is 0.718. The minimum atomic E-state index is -0.663. The van der Waals surface area contributed by atoms with Crippen molar-refractivity contribution in [3.8, 4) is 0 Å². The van der Waals surface area contributed by atoms with Crippen LogP contribution in [-0.2, 0) is 9.53 Å². The van der Waals surface area contributed by atoms with Crippen LogP contribution in [0.5, 0.6) is 0 Å². The largest absolute Gasteiger partial charge is 0.395 e. The Bertz CT molecular complexity index is 286. The average Bonchev–Trinajstić information content (AvgIpc) is 2.28. The lowest BCUT2D eigenvalue weighted by Crippen LogP contribution is -2.56. The van der Waals surface area contributed by atoms with Crippen LogP contribution in [0.15, 0.2) is 0 Å². The van der Waals surface area contributed by atoms with Crippen molar-refractivity contribution < 1.29 is 14.6 Å². The first-order valence-electron chi connectivity index (χ1n) is 6.82. The molecule has 2 saturated heterocycles. The standard InChI is InChI=1S/C13H24N2O3/c1-15-6-2-3-11(7-15)4-5-14-12(17)13(8-16)9-18-10-13/h11,16H,2-10H2,1H3,(H,14,17). The molecule has 2 aliphatic rings. The van der Waals surface area contributed by atoms with Gasteiger partial charge in [-0.15, -0.1) is 0 Å². The number of hydrogen-bond donors (Lipinski definition) is 2. The Morgan fingerprint density at radius 2 is 2.33 bits per heavy atom. The molecule has 0 bridgehead atoms. The second kappa shape index (κ2) is 5.99. The van der Waals surface area contributed by atoms with E-state index >= 15 is 0 Å². The number of piperidine rings is 1. The fraction of sp³-hybridized carbons (Fsp3) is 0.923. The maximum atomic E-state index is 11.9. The normalized spacial score (nSPS) is 27.6. The number of aliphatic hydroxyl groups is 1. The lowest BCUT2D eigenvalue weighted by atomic mass is 9.86. The van der Waals surface area contributed by atoms with Crippen molar-refractivity contribution in [1.29, 1.82) is 0 Å². The molecular weight excluding hydrogens is 232 g/mol. The van der Waals surface area contributed by atoms with Crippen LogP contribution >= 0.6 is 0 Å². The van der Waals surface area contributed by atoms with Gasteiger partial charge in [-0.1, -0.05) is 0 Å². The van der Waals surface area contributed by atoms with Crippen LogP contribution in [0.25, 0.3) is 0 Å². The summed E-state index contributed by atoms with van der Waals surface area (Å²) in [6.45, 7) is 3.60. The van der Waals surface area contributed by atoms with Gasteiger partial charge in [-0.2, -0.15) is 0 Å². The fourth-order valence-corrected chi connectivity index (χ4v) is 2.73. The molecule has 0 aliphatic carbocycles. The molecule has 2 heterocycles.